The van der Waals surface area contributed by atoms with Crippen LogP contribution in [0, 0.1) is 25.0 Å². The van der Waals surface area contributed by atoms with E-state index >= 15 is 0 Å². The minimum absolute atomic E-state index is 0.0793. The number of aliphatic hydroxyl groups excluding tert-OH is 1. The van der Waals surface area contributed by atoms with Crippen LogP contribution in [0.3, 0.4) is 0 Å². The number of methoxy groups -OCH3 is 2. The van der Waals surface area contributed by atoms with Gasteiger partial charge in [-0.1, -0.05) is 6.07 Å². The van der Waals surface area contributed by atoms with Crippen molar-refractivity contribution in [2.24, 2.45) is 5.92 Å². The molecule has 166 valence electrons. The van der Waals surface area contributed by atoms with Gasteiger partial charge in [0, 0.05) is 13.8 Å². The van der Waals surface area contributed by atoms with Gasteiger partial charge in [-0.2, -0.15) is 0 Å². The number of nitrogens with one attached hydrogen (secondary N) is 2. The van der Waals surface area contributed by atoms with Crippen LogP contribution in [0.15, 0.2) is 18.2 Å². The van der Waals surface area contributed by atoms with E-state index in [1.165, 1.54) is 14.2 Å². The number of rotatable bonds is 7. The second-order valence-corrected chi connectivity index (χ2v) is 7.08. The van der Waals surface area contributed by atoms with Crippen LogP contribution < -0.4 is 24.8 Å². The molecule has 11 heteroatoms. The zero-order chi connectivity index (χ0) is 22.9. The van der Waals surface area contributed by atoms with Crippen LogP contribution in [-0.2, 0) is 16.1 Å². The molecular formula is C20H24N4O7. The van der Waals surface area contributed by atoms with E-state index in [2.05, 4.69) is 10.6 Å². The van der Waals surface area contributed by atoms with Gasteiger partial charge in [0.25, 0.3) is 5.82 Å². The summed E-state index contributed by atoms with van der Waals surface area (Å²) in [5, 5.41) is 26.8. The number of hydrogen-bond donors (Lipinski definition) is 3. The van der Waals surface area contributed by atoms with Gasteiger partial charge in [0.05, 0.1) is 20.8 Å². The van der Waals surface area contributed by atoms with E-state index in [0.29, 0.717) is 33.2 Å². The SMILES string of the molecule is COc1ccc([C@H](c2n(CCO)c(C)c(C)[n+]2[O-])C2C(=O)NC(=O)NC2=O)cc1OC. The van der Waals surface area contributed by atoms with Gasteiger partial charge in [-0.25, -0.2) is 14.1 Å². The number of aromatic nitrogens is 2. The van der Waals surface area contributed by atoms with Gasteiger partial charge in [-0.3, -0.25) is 20.2 Å². The lowest BCUT2D eigenvalue weighted by atomic mass is 9.82. The molecule has 1 aromatic carbocycles. The van der Waals surface area contributed by atoms with Gasteiger partial charge in [0.1, 0.15) is 29.8 Å². The lowest BCUT2D eigenvalue weighted by Crippen LogP contribution is -2.58. The van der Waals surface area contributed by atoms with Crippen molar-refractivity contribution in [3.8, 4) is 11.5 Å². The topological polar surface area (TPSA) is 146 Å². The lowest BCUT2D eigenvalue weighted by Gasteiger charge is -2.28. The van der Waals surface area contributed by atoms with Crippen molar-refractivity contribution >= 4 is 17.8 Å². The molecule has 1 aliphatic rings. The van der Waals surface area contributed by atoms with Crippen molar-refractivity contribution in [1.29, 1.82) is 0 Å². The summed E-state index contributed by atoms with van der Waals surface area (Å²) in [4.78, 5) is 37.1. The molecule has 3 rings (SSSR count). The fourth-order valence-electron chi connectivity index (χ4n) is 3.84. The molecule has 11 nitrogen and oxygen atoms in total. The molecule has 0 spiro atoms. The highest BCUT2D eigenvalue weighted by Gasteiger charge is 2.47. The summed E-state index contributed by atoms with van der Waals surface area (Å²) in [7, 11) is 2.90. The Morgan fingerprint density at radius 3 is 2.29 bits per heavy atom. The number of carbonyl (C=O) groups is 3. The van der Waals surface area contributed by atoms with Crippen molar-refractivity contribution in [2.45, 2.75) is 26.3 Å². The van der Waals surface area contributed by atoms with Crippen LogP contribution >= 0.6 is 0 Å². The number of aliphatic hydroxyl groups is 1. The molecule has 4 amide bonds. The molecule has 2 aromatic rings. The summed E-state index contributed by atoms with van der Waals surface area (Å²) in [5.74, 6) is -3.32. The predicted octanol–water partition coefficient (Wildman–Crippen LogP) is -0.138. The molecule has 3 N–H and O–H groups in total. The van der Waals surface area contributed by atoms with Gasteiger partial charge >= 0.3 is 6.03 Å². The van der Waals surface area contributed by atoms with Gasteiger partial charge in [0.15, 0.2) is 11.5 Å². The quantitative estimate of drug-likeness (QED) is 0.314. The molecule has 1 aliphatic heterocycles. The van der Waals surface area contributed by atoms with E-state index in [9.17, 15) is 24.7 Å². The minimum Gasteiger partial charge on any atom is -0.711 e. The summed E-state index contributed by atoms with van der Waals surface area (Å²) in [6, 6.07) is 3.86. The molecule has 0 bridgehead atoms. The number of ether oxygens (including phenoxy) is 2. The summed E-state index contributed by atoms with van der Waals surface area (Å²) in [6.07, 6.45) is 0. The van der Waals surface area contributed by atoms with E-state index in [1.807, 2.05) is 0 Å². The minimum atomic E-state index is -1.41. The van der Waals surface area contributed by atoms with Crippen molar-refractivity contribution in [2.75, 3.05) is 20.8 Å². The maximum atomic E-state index is 13.1. The number of amides is 4. The van der Waals surface area contributed by atoms with Crippen LogP contribution in [0.2, 0.25) is 0 Å². The summed E-state index contributed by atoms with van der Waals surface area (Å²) >= 11 is 0. The summed E-state index contributed by atoms with van der Waals surface area (Å²) < 4.78 is 12.8. The average molecular weight is 432 g/mol. The second-order valence-electron chi connectivity index (χ2n) is 7.08. The van der Waals surface area contributed by atoms with Crippen molar-refractivity contribution < 1.29 is 33.7 Å². The number of barbiturate groups is 1. The highest BCUT2D eigenvalue weighted by atomic mass is 16.5. The molecule has 2 heterocycles. The number of urea groups is 1. The van der Waals surface area contributed by atoms with E-state index in [0.717, 1.165) is 0 Å². The standard InChI is InChI=1S/C20H24N4O7/c1-10-11(2)24(29)19(23(10)7-8-25)15(16-17(26)21-20(28)22-18(16)27)12-5-6-13(30-3)14(9-12)31-4/h5-6,9,15-16,25H,7-8H2,1-4H3,(H2,21,22,26,27,28)/t15-/m0/s1. The first-order valence-corrected chi connectivity index (χ1v) is 9.52. The van der Waals surface area contributed by atoms with E-state index < -0.39 is 29.7 Å². The molecule has 1 aromatic heterocycles. The first-order valence-electron chi connectivity index (χ1n) is 9.52. The Hall–Kier alpha value is -3.60. The van der Waals surface area contributed by atoms with Gasteiger partial charge in [-0.05, 0) is 17.7 Å². The molecular weight excluding hydrogens is 408 g/mol. The van der Waals surface area contributed by atoms with Gasteiger partial charge < -0.3 is 19.8 Å². The monoisotopic (exact) mass is 432 g/mol. The molecule has 0 saturated carbocycles. The zero-order valence-electron chi connectivity index (χ0n) is 17.6. The number of imide groups is 2. The second kappa shape index (κ2) is 8.64. The van der Waals surface area contributed by atoms with E-state index in [4.69, 9.17) is 9.47 Å². The third-order valence-corrected chi connectivity index (χ3v) is 5.46. The molecule has 0 aliphatic carbocycles. The number of nitrogens with zero attached hydrogens (tertiary/aromatic N) is 2. The molecule has 1 saturated heterocycles. The Balaban J connectivity index is 2.29. The smallest absolute Gasteiger partial charge is 0.328 e. The average Bonchev–Trinajstić information content (AvgIpc) is 2.94. The highest BCUT2D eigenvalue weighted by Crippen LogP contribution is 2.38. The number of carbonyl (C=O) groups excluding carboxylic acids is 3. The lowest BCUT2D eigenvalue weighted by molar-refractivity contribution is -0.621. The Labute approximate surface area is 178 Å². The number of benzene rings is 1. The molecule has 31 heavy (non-hydrogen) atoms. The molecule has 1 atom stereocenters. The van der Waals surface area contributed by atoms with Crippen molar-refractivity contribution in [3.05, 3.63) is 46.2 Å². The number of hydrogen-bond acceptors (Lipinski definition) is 7. The van der Waals surface area contributed by atoms with Crippen molar-refractivity contribution in [3.63, 3.8) is 0 Å². The normalized spacial score (nSPS) is 15.5. The maximum absolute atomic E-state index is 13.1. The fraction of sp³-hybridized carbons (Fsp3) is 0.400. The third kappa shape index (κ3) is 3.79. The summed E-state index contributed by atoms with van der Waals surface area (Å²) in [6.45, 7) is 3.13. The largest absolute Gasteiger partial charge is 0.711 e. The molecule has 1 fully saturated rings. The van der Waals surface area contributed by atoms with Crippen LogP contribution in [0.25, 0.3) is 0 Å². The highest BCUT2D eigenvalue weighted by molar-refractivity contribution is 6.16. The third-order valence-electron chi connectivity index (χ3n) is 5.46. The molecule has 0 radical (unpaired) electrons. The Morgan fingerprint density at radius 1 is 1.13 bits per heavy atom. The van der Waals surface area contributed by atoms with Crippen LogP contribution in [0.1, 0.15) is 28.7 Å². The van der Waals surface area contributed by atoms with Gasteiger partial charge in [-0.15, -0.1) is 0 Å². The maximum Gasteiger partial charge on any atom is 0.328 e. The van der Waals surface area contributed by atoms with Crippen molar-refractivity contribution in [1.82, 2.24) is 15.2 Å². The van der Waals surface area contributed by atoms with E-state index in [-0.39, 0.29) is 19.0 Å². The predicted molar refractivity (Wildman–Crippen MR) is 107 cm³/mol. The number of imidazole rings is 1. The van der Waals surface area contributed by atoms with Crippen LogP contribution in [-0.4, -0.2) is 48.3 Å². The van der Waals surface area contributed by atoms with Crippen LogP contribution in [0.4, 0.5) is 4.79 Å². The van der Waals surface area contributed by atoms with E-state index in [1.54, 1.807) is 36.6 Å². The molecule has 0 unspecified atom stereocenters. The zero-order valence-corrected chi connectivity index (χ0v) is 17.6. The van der Waals surface area contributed by atoms with Gasteiger partial charge in [0.2, 0.25) is 11.8 Å². The first kappa shape index (κ1) is 22.1. The Bertz CT molecular complexity index is 1030. The Kier molecular flexibility index (Phi) is 6.16. The Morgan fingerprint density at radius 2 is 1.74 bits per heavy atom. The fourth-order valence-corrected chi connectivity index (χ4v) is 3.84. The first-order chi connectivity index (χ1) is 14.7. The summed E-state index contributed by atoms with van der Waals surface area (Å²) in [5.41, 5.74) is 1.36. The van der Waals surface area contributed by atoms with Crippen LogP contribution in [0.5, 0.6) is 11.5 Å².